The SMILES string of the molecule is COc1ccc(CN(C)S(=O)(=O)c2nnc(NC(=O)c3ccccc3Cl)s2)cc1. The molecule has 0 bridgehead atoms. The lowest BCUT2D eigenvalue weighted by atomic mass is 10.2. The zero-order valence-electron chi connectivity index (χ0n) is 15.5. The molecule has 0 saturated carbocycles. The zero-order valence-corrected chi connectivity index (χ0v) is 17.9. The summed E-state index contributed by atoms with van der Waals surface area (Å²) in [4.78, 5) is 12.3. The summed E-state index contributed by atoms with van der Waals surface area (Å²) in [6.07, 6.45) is 0. The van der Waals surface area contributed by atoms with Gasteiger partial charge in [0.25, 0.3) is 15.9 Å². The van der Waals surface area contributed by atoms with Crippen LogP contribution in [0.4, 0.5) is 5.13 Å². The summed E-state index contributed by atoms with van der Waals surface area (Å²) in [5, 5.41) is 10.3. The molecule has 0 atom stereocenters. The van der Waals surface area contributed by atoms with E-state index in [1.165, 1.54) is 7.05 Å². The van der Waals surface area contributed by atoms with Crippen LogP contribution in [0.1, 0.15) is 15.9 Å². The van der Waals surface area contributed by atoms with Gasteiger partial charge in [-0.15, -0.1) is 10.2 Å². The topological polar surface area (TPSA) is 101 Å². The van der Waals surface area contributed by atoms with E-state index in [2.05, 4.69) is 15.5 Å². The summed E-state index contributed by atoms with van der Waals surface area (Å²) in [5.41, 5.74) is 1.04. The van der Waals surface area contributed by atoms with Crippen LogP contribution in [-0.2, 0) is 16.6 Å². The molecule has 0 radical (unpaired) electrons. The third-order valence-corrected chi connectivity index (χ3v) is 7.26. The van der Waals surface area contributed by atoms with Crippen LogP contribution >= 0.6 is 22.9 Å². The molecule has 8 nitrogen and oxygen atoms in total. The number of carbonyl (C=O) groups excluding carboxylic acids is 1. The monoisotopic (exact) mass is 452 g/mol. The molecule has 1 N–H and O–H groups in total. The van der Waals surface area contributed by atoms with Gasteiger partial charge in [0, 0.05) is 13.6 Å². The van der Waals surface area contributed by atoms with Crippen molar-refractivity contribution in [3.63, 3.8) is 0 Å². The van der Waals surface area contributed by atoms with Crippen LogP contribution in [0, 0.1) is 0 Å². The lowest BCUT2D eigenvalue weighted by Gasteiger charge is -2.15. The van der Waals surface area contributed by atoms with Crippen molar-refractivity contribution in [3.05, 3.63) is 64.7 Å². The van der Waals surface area contributed by atoms with E-state index in [4.69, 9.17) is 16.3 Å². The van der Waals surface area contributed by atoms with E-state index in [9.17, 15) is 13.2 Å². The smallest absolute Gasteiger partial charge is 0.272 e. The standard InChI is InChI=1S/C18H17ClN4O4S2/c1-23(11-12-7-9-13(27-2)10-8-12)29(25,26)18-22-21-17(28-18)20-16(24)14-5-3-4-6-15(14)19/h3-10H,11H2,1-2H3,(H,20,21,24). The number of anilines is 1. The van der Waals surface area contributed by atoms with Crippen LogP contribution < -0.4 is 10.1 Å². The fourth-order valence-corrected chi connectivity index (χ4v) is 4.84. The molecule has 1 heterocycles. The minimum absolute atomic E-state index is 0.0614. The summed E-state index contributed by atoms with van der Waals surface area (Å²) in [6.45, 7) is 0.146. The van der Waals surface area contributed by atoms with Gasteiger partial charge in [-0.1, -0.05) is 47.2 Å². The molecule has 0 unspecified atom stereocenters. The summed E-state index contributed by atoms with van der Waals surface area (Å²) in [5.74, 6) is 0.185. The van der Waals surface area contributed by atoms with E-state index >= 15 is 0 Å². The van der Waals surface area contributed by atoms with E-state index < -0.39 is 15.9 Å². The zero-order chi connectivity index (χ0) is 21.0. The lowest BCUT2D eigenvalue weighted by Crippen LogP contribution is -2.26. The quantitative estimate of drug-likeness (QED) is 0.552. The number of halogens is 1. The van der Waals surface area contributed by atoms with Gasteiger partial charge in [-0.3, -0.25) is 10.1 Å². The van der Waals surface area contributed by atoms with Crippen molar-refractivity contribution in [2.24, 2.45) is 0 Å². The number of methoxy groups -OCH3 is 1. The number of nitrogens with zero attached hydrogens (tertiary/aromatic N) is 3. The maximum absolute atomic E-state index is 12.8. The van der Waals surface area contributed by atoms with Gasteiger partial charge in [-0.2, -0.15) is 4.31 Å². The highest BCUT2D eigenvalue weighted by molar-refractivity contribution is 7.91. The van der Waals surface area contributed by atoms with Gasteiger partial charge < -0.3 is 4.74 Å². The van der Waals surface area contributed by atoms with Gasteiger partial charge in [0.05, 0.1) is 17.7 Å². The second kappa shape index (κ2) is 8.87. The molecule has 0 aliphatic heterocycles. The van der Waals surface area contributed by atoms with Crippen LogP contribution in [0.5, 0.6) is 5.75 Å². The molecule has 0 spiro atoms. The summed E-state index contributed by atoms with van der Waals surface area (Å²) >= 11 is 6.76. The Hall–Kier alpha value is -2.53. The van der Waals surface area contributed by atoms with Gasteiger partial charge >= 0.3 is 0 Å². The summed E-state index contributed by atoms with van der Waals surface area (Å²) in [6, 6.07) is 13.6. The molecule has 2 aromatic carbocycles. The van der Waals surface area contributed by atoms with Crippen molar-refractivity contribution in [3.8, 4) is 5.75 Å². The molecule has 152 valence electrons. The van der Waals surface area contributed by atoms with Crippen molar-refractivity contribution >= 4 is 44.0 Å². The molecule has 3 aromatic rings. The van der Waals surface area contributed by atoms with Crippen molar-refractivity contribution in [1.29, 1.82) is 0 Å². The average molecular weight is 453 g/mol. The van der Waals surface area contributed by atoms with E-state index in [0.717, 1.165) is 21.2 Å². The largest absolute Gasteiger partial charge is 0.497 e. The summed E-state index contributed by atoms with van der Waals surface area (Å²) in [7, 11) is -0.865. The Balaban J connectivity index is 1.72. The maximum Gasteiger partial charge on any atom is 0.272 e. The first-order chi connectivity index (χ1) is 13.8. The average Bonchev–Trinajstić information content (AvgIpc) is 3.18. The molecular formula is C18H17ClN4O4S2. The first kappa shape index (κ1) is 21.2. The Morgan fingerprint density at radius 1 is 1.17 bits per heavy atom. The number of rotatable bonds is 7. The molecule has 0 aliphatic rings. The molecule has 1 amide bonds. The predicted molar refractivity (Wildman–Crippen MR) is 111 cm³/mol. The van der Waals surface area contributed by atoms with Gasteiger partial charge in [-0.05, 0) is 29.8 Å². The highest BCUT2D eigenvalue weighted by Gasteiger charge is 2.26. The van der Waals surface area contributed by atoms with Crippen molar-refractivity contribution in [2.45, 2.75) is 10.9 Å². The van der Waals surface area contributed by atoms with Crippen molar-refractivity contribution < 1.29 is 17.9 Å². The normalized spacial score (nSPS) is 11.4. The number of carbonyl (C=O) groups is 1. The second-order valence-corrected chi connectivity index (χ2v) is 9.52. The number of hydrogen-bond donors (Lipinski definition) is 1. The Morgan fingerprint density at radius 3 is 2.52 bits per heavy atom. The molecule has 0 fully saturated rings. The molecule has 0 aliphatic carbocycles. The number of hydrogen-bond acceptors (Lipinski definition) is 7. The molecular weight excluding hydrogens is 436 g/mol. The van der Waals surface area contributed by atoms with E-state index in [1.807, 2.05) is 0 Å². The Kier molecular flexibility index (Phi) is 6.48. The number of benzene rings is 2. The third-order valence-electron chi connectivity index (χ3n) is 3.94. The first-order valence-corrected chi connectivity index (χ1v) is 10.9. The fraction of sp³-hybridized carbons (Fsp3) is 0.167. The molecule has 11 heteroatoms. The minimum atomic E-state index is -3.87. The van der Waals surface area contributed by atoms with E-state index in [0.29, 0.717) is 5.75 Å². The number of nitrogens with one attached hydrogen (secondary N) is 1. The second-order valence-electron chi connectivity index (χ2n) is 5.92. The molecule has 1 aromatic heterocycles. The fourth-order valence-electron chi connectivity index (χ4n) is 2.38. The Labute approximate surface area is 177 Å². The Morgan fingerprint density at radius 2 is 1.86 bits per heavy atom. The minimum Gasteiger partial charge on any atom is -0.497 e. The molecule has 29 heavy (non-hydrogen) atoms. The number of amides is 1. The molecule has 3 rings (SSSR count). The third kappa shape index (κ3) is 4.91. The Bertz CT molecular complexity index is 1120. The van der Waals surface area contributed by atoms with Crippen molar-refractivity contribution in [1.82, 2.24) is 14.5 Å². The van der Waals surface area contributed by atoms with E-state index in [1.54, 1.807) is 55.6 Å². The van der Waals surface area contributed by atoms with Gasteiger partial charge in [0.1, 0.15) is 5.75 Å². The van der Waals surface area contributed by atoms with Crippen LogP contribution in [0.25, 0.3) is 0 Å². The van der Waals surface area contributed by atoms with Gasteiger partial charge in [0.2, 0.25) is 9.47 Å². The first-order valence-electron chi connectivity index (χ1n) is 8.30. The number of ether oxygens (including phenoxy) is 1. The molecule has 0 saturated heterocycles. The van der Waals surface area contributed by atoms with Gasteiger partial charge in [-0.25, -0.2) is 8.42 Å². The highest BCUT2D eigenvalue weighted by atomic mass is 35.5. The predicted octanol–water partition coefficient (Wildman–Crippen LogP) is 3.27. The lowest BCUT2D eigenvalue weighted by molar-refractivity contribution is 0.102. The van der Waals surface area contributed by atoms with Crippen LogP contribution in [-0.4, -0.2) is 43.0 Å². The maximum atomic E-state index is 12.8. The number of sulfonamides is 1. The van der Waals surface area contributed by atoms with Crippen LogP contribution in [0.3, 0.4) is 0 Å². The highest BCUT2D eigenvalue weighted by Crippen LogP contribution is 2.25. The van der Waals surface area contributed by atoms with Gasteiger partial charge in [0.15, 0.2) is 0 Å². The van der Waals surface area contributed by atoms with Crippen LogP contribution in [0.2, 0.25) is 5.02 Å². The van der Waals surface area contributed by atoms with Crippen molar-refractivity contribution in [2.75, 3.05) is 19.5 Å². The van der Waals surface area contributed by atoms with E-state index in [-0.39, 0.29) is 26.6 Å². The van der Waals surface area contributed by atoms with Crippen LogP contribution in [0.15, 0.2) is 52.9 Å². The summed E-state index contributed by atoms with van der Waals surface area (Å²) < 4.78 is 31.6. The number of aromatic nitrogens is 2.